The van der Waals surface area contributed by atoms with Crippen molar-refractivity contribution >= 4 is 34.8 Å². The van der Waals surface area contributed by atoms with Crippen LogP contribution in [-0.4, -0.2) is 37.0 Å². The van der Waals surface area contributed by atoms with E-state index in [-0.39, 0.29) is 24.3 Å². The molecule has 7 heteroatoms. The van der Waals surface area contributed by atoms with Crippen LogP contribution in [-0.2, 0) is 14.3 Å². The van der Waals surface area contributed by atoms with E-state index < -0.39 is 6.10 Å². The van der Waals surface area contributed by atoms with E-state index in [0.717, 1.165) is 0 Å². The smallest absolute Gasteiger partial charge is 0.258 e. The summed E-state index contributed by atoms with van der Waals surface area (Å²) in [6, 6.07) is 13.7. The van der Waals surface area contributed by atoms with Crippen molar-refractivity contribution in [1.82, 2.24) is 0 Å². The molecule has 2 aromatic carbocycles. The molecule has 0 aliphatic carbocycles. The molecule has 0 saturated carbocycles. The van der Waals surface area contributed by atoms with Gasteiger partial charge in [-0.1, -0.05) is 18.2 Å². The minimum atomic E-state index is -0.598. The molecule has 150 valence electrons. The second-order valence-corrected chi connectivity index (χ2v) is 6.61. The molecule has 0 spiro atoms. The average molecular weight is 393 g/mol. The van der Waals surface area contributed by atoms with Crippen molar-refractivity contribution in [2.24, 2.45) is 0 Å². The van der Waals surface area contributed by atoms with Crippen LogP contribution in [0.5, 0.6) is 0 Å². The van der Waals surface area contributed by atoms with Gasteiger partial charge in [0, 0.05) is 11.3 Å². The molecule has 1 heterocycles. The topological polar surface area (TPSA) is 87.7 Å². The number of benzene rings is 2. The summed E-state index contributed by atoms with van der Waals surface area (Å²) in [5.41, 5.74) is 2.23. The summed E-state index contributed by atoms with van der Waals surface area (Å²) >= 11 is 0. The van der Waals surface area contributed by atoms with Gasteiger partial charge in [0.2, 0.25) is 5.91 Å². The lowest BCUT2D eigenvalue weighted by atomic mass is 10.1. The molecule has 0 saturated heterocycles. The van der Waals surface area contributed by atoms with E-state index in [0.29, 0.717) is 35.7 Å². The minimum Gasteiger partial charge on any atom is -0.368 e. The van der Waals surface area contributed by atoms with Gasteiger partial charge in [-0.15, -0.1) is 6.58 Å². The Labute approximate surface area is 169 Å². The second-order valence-electron chi connectivity index (χ2n) is 6.61. The maximum atomic E-state index is 12.9. The van der Waals surface area contributed by atoms with Gasteiger partial charge < -0.3 is 15.4 Å². The molecule has 7 nitrogen and oxygen atoms in total. The first-order valence-corrected chi connectivity index (χ1v) is 9.33. The van der Waals surface area contributed by atoms with Crippen LogP contribution >= 0.6 is 0 Å². The first-order valence-electron chi connectivity index (χ1n) is 9.33. The molecule has 3 rings (SSSR count). The number of nitrogens with zero attached hydrogens (tertiary/aromatic N) is 1. The third-order valence-electron chi connectivity index (χ3n) is 4.47. The van der Waals surface area contributed by atoms with Crippen LogP contribution < -0.4 is 15.5 Å². The van der Waals surface area contributed by atoms with E-state index in [1.807, 2.05) is 6.07 Å². The molecule has 0 radical (unpaired) electrons. The van der Waals surface area contributed by atoms with E-state index in [4.69, 9.17) is 4.74 Å². The van der Waals surface area contributed by atoms with Crippen LogP contribution in [0.25, 0.3) is 0 Å². The summed E-state index contributed by atoms with van der Waals surface area (Å²) in [6.45, 7) is 5.66. The largest absolute Gasteiger partial charge is 0.368 e. The summed E-state index contributed by atoms with van der Waals surface area (Å²) in [6.07, 6.45) is 1.80. The number of rotatable bonds is 7. The van der Waals surface area contributed by atoms with Gasteiger partial charge in [0.1, 0.15) is 12.6 Å². The van der Waals surface area contributed by atoms with E-state index in [1.54, 1.807) is 55.5 Å². The van der Waals surface area contributed by atoms with Crippen molar-refractivity contribution in [2.75, 3.05) is 28.7 Å². The minimum absolute atomic E-state index is 0.0477. The highest BCUT2D eigenvalue weighted by Crippen LogP contribution is 2.30. The van der Waals surface area contributed by atoms with E-state index in [9.17, 15) is 14.4 Å². The number of hydrogen-bond donors (Lipinski definition) is 2. The summed E-state index contributed by atoms with van der Waals surface area (Å²) in [5, 5.41) is 5.52. The van der Waals surface area contributed by atoms with Crippen LogP contribution in [0, 0.1) is 0 Å². The zero-order valence-electron chi connectivity index (χ0n) is 16.2. The van der Waals surface area contributed by atoms with Crippen molar-refractivity contribution in [1.29, 1.82) is 0 Å². The Morgan fingerprint density at radius 3 is 2.69 bits per heavy atom. The van der Waals surface area contributed by atoms with E-state index in [2.05, 4.69) is 17.2 Å². The molecule has 0 bridgehead atoms. The fourth-order valence-electron chi connectivity index (χ4n) is 2.91. The normalized spacial score (nSPS) is 13.8. The van der Waals surface area contributed by atoms with Crippen molar-refractivity contribution in [3.63, 3.8) is 0 Å². The maximum absolute atomic E-state index is 12.9. The molecule has 1 aliphatic heterocycles. The predicted octanol–water partition coefficient (Wildman–Crippen LogP) is 3.21. The standard InChI is InChI=1S/C22H23N3O4/c1-3-4-13-29-15(2)21(27)23-17-11-9-16(10-12-17)22(28)25-14-20(26)24-18-7-5-6-8-19(18)25/h3,5-12,15H,1,4,13-14H2,2H3,(H,23,27)(H,24,26). The zero-order valence-corrected chi connectivity index (χ0v) is 16.2. The summed E-state index contributed by atoms with van der Waals surface area (Å²) in [7, 11) is 0. The van der Waals surface area contributed by atoms with Crippen LogP contribution in [0.1, 0.15) is 23.7 Å². The van der Waals surface area contributed by atoms with E-state index in [1.165, 1.54) is 4.90 Å². The van der Waals surface area contributed by atoms with Crippen molar-refractivity contribution < 1.29 is 19.1 Å². The molecule has 1 unspecified atom stereocenters. The monoisotopic (exact) mass is 393 g/mol. The van der Waals surface area contributed by atoms with Crippen LogP contribution in [0.3, 0.4) is 0 Å². The molecule has 29 heavy (non-hydrogen) atoms. The summed E-state index contributed by atoms with van der Waals surface area (Å²) in [4.78, 5) is 38.5. The Balaban J connectivity index is 1.67. The number of amides is 3. The summed E-state index contributed by atoms with van der Waals surface area (Å²) in [5.74, 6) is -0.799. The lowest BCUT2D eigenvalue weighted by Gasteiger charge is -2.29. The van der Waals surface area contributed by atoms with Crippen LogP contribution in [0.4, 0.5) is 17.1 Å². The Morgan fingerprint density at radius 1 is 1.24 bits per heavy atom. The van der Waals surface area contributed by atoms with Crippen molar-refractivity contribution in [3.05, 3.63) is 66.7 Å². The Hall–Kier alpha value is -3.45. The lowest BCUT2D eigenvalue weighted by Crippen LogP contribution is -2.42. The first-order chi connectivity index (χ1) is 14.0. The van der Waals surface area contributed by atoms with Gasteiger partial charge in [-0.25, -0.2) is 0 Å². The number of para-hydroxylation sites is 2. The van der Waals surface area contributed by atoms with Crippen LogP contribution in [0.2, 0.25) is 0 Å². The fraction of sp³-hybridized carbons (Fsp3) is 0.227. The molecular weight excluding hydrogens is 370 g/mol. The molecule has 2 N–H and O–H groups in total. The molecule has 2 aromatic rings. The third kappa shape index (κ3) is 4.89. The molecule has 1 aliphatic rings. The predicted molar refractivity (Wildman–Crippen MR) is 112 cm³/mol. The van der Waals surface area contributed by atoms with E-state index >= 15 is 0 Å². The fourth-order valence-corrected chi connectivity index (χ4v) is 2.91. The quantitative estimate of drug-likeness (QED) is 0.559. The van der Waals surface area contributed by atoms with Gasteiger partial charge in [-0.3, -0.25) is 19.3 Å². The number of nitrogens with one attached hydrogen (secondary N) is 2. The Kier molecular flexibility index (Phi) is 6.41. The van der Waals surface area contributed by atoms with Gasteiger partial charge in [-0.2, -0.15) is 0 Å². The highest BCUT2D eigenvalue weighted by atomic mass is 16.5. The average Bonchev–Trinajstić information content (AvgIpc) is 2.73. The molecule has 1 atom stereocenters. The Bertz CT molecular complexity index is 924. The number of carbonyl (C=O) groups excluding carboxylic acids is 3. The van der Waals surface area contributed by atoms with Gasteiger partial charge in [0.25, 0.3) is 11.8 Å². The first kappa shape index (κ1) is 20.3. The number of fused-ring (bicyclic) bond motifs is 1. The van der Waals surface area contributed by atoms with Crippen molar-refractivity contribution in [2.45, 2.75) is 19.4 Å². The summed E-state index contributed by atoms with van der Waals surface area (Å²) < 4.78 is 5.42. The number of hydrogen-bond acceptors (Lipinski definition) is 4. The second kappa shape index (κ2) is 9.16. The molecule has 0 fully saturated rings. The number of ether oxygens (including phenoxy) is 1. The highest BCUT2D eigenvalue weighted by Gasteiger charge is 2.27. The molecular formula is C22H23N3O4. The number of carbonyl (C=O) groups is 3. The molecule has 3 amide bonds. The van der Waals surface area contributed by atoms with Gasteiger partial charge in [0.15, 0.2) is 0 Å². The highest BCUT2D eigenvalue weighted by molar-refractivity contribution is 6.15. The number of anilines is 3. The third-order valence-corrected chi connectivity index (χ3v) is 4.47. The van der Waals surface area contributed by atoms with Gasteiger partial charge in [0.05, 0.1) is 18.0 Å². The lowest BCUT2D eigenvalue weighted by molar-refractivity contribution is -0.126. The van der Waals surface area contributed by atoms with Gasteiger partial charge in [-0.05, 0) is 49.7 Å². The maximum Gasteiger partial charge on any atom is 0.258 e. The molecule has 0 aromatic heterocycles. The van der Waals surface area contributed by atoms with Crippen molar-refractivity contribution in [3.8, 4) is 0 Å². The van der Waals surface area contributed by atoms with Gasteiger partial charge >= 0.3 is 0 Å². The Morgan fingerprint density at radius 2 is 1.97 bits per heavy atom. The van der Waals surface area contributed by atoms with Crippen LogP contribution in [0.15, 0.2) is 61.2 Å². The SMILES string of the molecule is C=CCCOC(C)C(=O)Nc1ccc(C(=O)N2CC(=O)Nc3ccccc32)cc1. The zero-order chi connectivity index (χ0) is 20.8.